The normalized spacial score (nSPS) is 17.0. The fourth-order valence-corrected chi connectivity index (χ4v) is 2.25. The number of aromatic hydroxyl groups is 1. The van der Waals surface area contributed by atoms with Gasteiger partial charge in [0.1, 0.15) is 5.75 Å². The molecule has 0 aromatic heterocycles. The van der Waals surface area contributed by atoms with E-state index in [1.807, 2.05) is 0 Å². The minimum absolute atomic E-state index is 0.0231. The van der Waals surface area contributed by atoms with Crippen LogP contribution in [0.5, 0.6) is 5.75 Å². The summed E-state index contributed by atoms with van der Waals surface area (Å²) in [6.07, 6.45) is -4.96. The molecule has 1 aliphatic rings. The average Bonchev–Trinajstić information content (AvgIpc) is 2.45. The molecular formula is C14H17F3N2O2. The van der Waals surface area contributed by atoms with Gasteiger partial charge in [-0.05, 0) is 24.3 Å². The van der Waals surface area contributed by atoms with Crippen molar-refractivity contribution in [1.29, 1.82) is 0 Å². The Kier molecular flexibility index (Phi) is 4.72. The highest BCUT2D eigenvalue weighted by molar-refractivity contribution is 5.94. The lowest BCUT2D eigenvalue weighted by atomic mass is 10.1. The summed E-state index contributed by atoms with van der Waals surface area (Å²) in [5.41, 5.74) is 0.469. The van der Waals surface area contributed by atoms with Crippen LogP contribution in [-0.4, -0.2) is 59.7 Å². The van der Waals surface area contributed by atoms with Crippen molar-refractivity contribution in [3.05, 3.63) is 29.8 Å². The van der Waals surface area contributed by atoms with E-state index < -0.39 is 12.6 Å². The lowest BCUT2D eigenvalue weighted by molar-refractivity contribution is -0.138. The van der Waals surface area contributed by atoms with Crippen molar-refractivity contribution < 1.29 is 23.1 Å². The number of piperazine rings is 1. The number of nitrogens with zero attached hydrogens (tertiary/aromatic N) is 2. The number of amides is 1. The summed E-state index contributed by atoms with van der Waals surface area (Å²) in [6.45, 7) is 1.69. The molecule has 1 saturated heterocycles. The molecule has 1 heterocycles. The smallest absolute Gasteiger partial charge is 0.390 e. The second kappa shape index (κ2) is 6.34. The van der Waals surface area contributed by atoms with Gasteiger partial charge in [0.15, 0.2) is 0 Å². The molecule has 0 radical (unpaired) electrons. The number of benzene rings is 1. The Balaban J connectivity index is 1.83. The van der Waals surface area contributed by atoms with Crippen LogP contribution < -0.4 is 0 Å². The number of halogens is 3. The monoisotopic (exact) mass is 302 g/mol. The largest absolute Gasteiger partial charge is 0.508 e. The third-order valence-electron chi connectivity index (χ3n) is 3.49. The zero-order valence-electron chi connectivity index (χ0n) is 11.4. The minimum atomic E-state index is -4.14. The summed E-state index contributed by atoms with van der Waals surface area (Å²) < 4.78 is 36.5. The number of hydrogen-bond donors (Lipinski definition) is 1. The van der Waals surface area contributed by atoms with Crippen LogP contribution in [0.2, 0.25) is 0 Å². The Morgan fingerprint density at radius 1 is 1.10 bits per heavy atom. The summed E-state index contributed by atoms with van der Waals surface area (Å²) >= 11 is 0. The van der Waals surface area contributed by atoms with Crippen LogP contribution in [0, 0.1) is 0 Å². The molecule has 116 valence electrons. The predicted molar refractivity (Wildman–Crippen MR) is 71.1 cm³/mol. The first-order valence-electron chi connectivity index (χ1n) is 6.72. The highest BCUT2D eigenvalue weighted by atomic mass is 19.4. The van der Waals surface area contributed by atoms with Gasteiger partial charge in [-0.1, -0.05) is 0 Å². The van der Waals surface area contributed by atoms with E-state index >= 15 is 0 Å². The van der Waals surface area contributed by atoms with Crippen LogP contribution in [-0.2, 0) is 0 Å². The number of phenolic OH excluding ortho intramolecular Hbond substituents is 1. The number of carbonyl (C=O) groups is 1. The zero-order chi connectivity index (χ0) is 15.5. The molecule has 0 bridgehead atoms. The number of carbonyl (C=O) groups excluding carboxylic acids is 1. The first-order chi connectivity index (χ1) is 9.85. The van der Waals surface area contributed by atoms with Crippen LogP contribution in [0.4, 0.5) is 13.2 Å². The fourth-order valence-electron chi connectivity index (χ4n) is 2.25. The van der Waals surface area contributed by atoms with Crippen LogP contribution in [0.25, 0.3) is 0 Å². The molecule has 7 heteroatoms. The predicted octanol–water partition coefficient (Wildman–Crippen LogP) is 2.10. The molecule has 2 rings (SSSR count). The van der Waals surface area contributed by atoms with Gasteiger partial charge in [0.05, 0.1) is 6.42 Å². The van der Waals surface area contributed by atoms with Crippen LogP contribution in [0.1, 0.15) is 16.8 Å². The van der Waals surface area contributed by atoms with Gasteiger partial charge in [-0.25, -0.2) is 0 Å². The van der Waals surface area contributed by atoms with E-state index in [9.17, 15) is 23.1 Å². The third kappa shape index (κ3) is 4.63. The average molecular weight is 302 g/mol. The van der Waals surface area contributed by atoms with E-state index in [1.165, 1.54) is 24.3 Å². The molecule has 0 saturated carbocycles. The first-order valence-corrected chi connectivity index (χ1v) is 6.72. The van der Waals surface area contributed by atoms with Crippen molar-refractivity contribution in [3.63, 3.8) is 0 Å². The van der Waals surface area contributed by atoms with Crippen LogP contribution >= 0.6 is 0 Å². The van der Waals surface area contributed by atoms with Gasteiger partial charge in [0.25, 0.3) is 5.91 Å². The molecule has 1 aliphatic heterocycles. The Morgan fingerprint density at radius 2 is 1.67 bits per heavy atom. The molecule has 1 aromatic carbocycles. The zero-order valence-corrected chi connectivity index (χ0v) is 11.4. The quantitative estimate of drug-likeness (QED) is 0.930. The van der Waals surface area contributed by atoms with E-state index in [0.717, 1.165) is 0 Å². The second-order valence-electron chi connectivity index (χ2n) is 5.05. The Morgan fingerprint density at radius 3 is 2.19 bits per heavy atom. The molecule has 0 aliphatic carbocycles. The molecular weight excluding hydrogens is 285 g/mol. The van der Waals surface area contributed by atoms with E-state index in [4.69, 9.17) is 0 Å². The molecule has 1 fully saturated rings. The topological polar surface area (TPSA) is 43.8 Å². The fraction of sp³-hybridized carbons (Fsp3) is 0.500. The summed E-state index contributed by atoms with van der Waals surface area (Å²) in [6, 6.07) is 5.95. The summed E-state index contributed by atoms with van der Waals surface area (Å²) in [5, 5.41) is 9.18. The van der Waals surface area contributed by atoms with Gasteiger partial charge in [-0.15, -0.1) is 0 Å². The van der Waals surface area contributed by atoms with Crippen molar-refractivity contribution in [1.82, 2.24) is 9.80 Å². The van der Waals surface area contributed by atoms with Gasteiger partial charge >= 0.3 is 6.18 Å². The third-order valence-corrected chi connectivity index (χ3v) is 3.49. The lowest BCUT2D eigenvalue weighted by Gasteiger charge is -2.34. The van der Waals surface area contributed by atoms with E-state index in [0.29, 0.717) is 31.7 Å². The maximum absolute atomic E-state index is 12.2. The van der Waals surface area contributed by atoms with E-state index in [1.54, 1.807) is 9.80 Å². The summed E-state index contributed by atoms with van der Waals surface area (Å²) in [4.78, 5) is 15.5. The molecule has 0 spiro atoms. The SMILES string of the molecule is O=C(c1ccc(O)cc1)N1CCN(CCC(F)(F)F)CC1. The van der Waals surface area contributed by atoms with Gasteiger partial charge < -0.3 is 10.0 Å². The maximum Gasteiger partial charge on any atom is 0.390 e. The number of hydrogen-bond acceptors (Lipinski definition) is 3. The van der Waals surface area contributed by atoms with Crippen molar-refractivity contribution in [3.8, 4) is 5.75 Å². The van der Waals surface area contributed by atoms with E-state index in [-0.39, 0.29) is 18.2 Å². The van der Waals surface area contributed by atoms with Crippen molar-refractivity contribution >= 4 is 5.91 Å². The Hall–Kier alpha value is -1.76. The van der Waals surface area contributed by atoms with Gasteiger partial charge in [-0.2, -0.15) is 13.2 Å². The van der Waals surface area contributed by atoms with Crippen molar-refractivity contribution in [2.45, 2.75) is 12.6 Å². The van der Waals surface area contributed by atoms with Gasteiger partial charge in [0, 0.05) is 38.3 Å². The second-order valence-corrected chi connectivity index (χ2v) is 5.05. The lowest BCUT2D eigenvalue weighted by Crippen LogP contribution is -2.49. The van der Waals surface area contributed by atoms with Crippen molar-refractivity contribution in [2.75, 3.05) is 32.7 Å². The minimum Gasteiger partial charge on any atom is -0.508 e. The van der Waals surface area contributed by atoms with E-state index in [2.05, 4.69) is 0 Å². The molecule has 21 heavy (non-hydrogen) atoms. The first kappa shape index (κ1) is 15.6. The standard InChI is InChI=1S/C14H17F3N2O2/c15-14(16,17)5-6-18-7-9-19(10-8-18)13(21)11-1-3-12(20)4-2-11/h1-4,20H,5-10H2. The maximum atomic E-state index is 12.2. The Labute approximate surface area is 120 Å². The highest BCUT2D eigenvalue weighted by Crippen LogP contribution is 2.20. The molecule has 1 N–H and O–H groups in total. The molecule has 1 aromatic rings. The van der Waals surface area contributed by atoms with Crippen LogP contribution in [0.15, 0.2) is 24.3 Å². The highest BCUT2D eigenvalue weighted by Gasteiger charge is 2.29. The molecule has 0 atom stereocenters. The summed E-state index contributed by atoms with van der Waals surface area (Å²) in [7, 11) is 0. The van der Waals surface area contributed by atoms with Crippen molar-refractivity contribution in [2.24, 2.45) is 0 Å². The Bertz CT molecular complexity index is 480. The molecule has 4 nitrogen and oxygen atoms in total. The number of phenols is 1. The molecule has 1 amide bonds. The number of alkyl halides is 3. The van der Waals surface area contributed by atoms with Gasteiger partial charge in [-0.3, -0.25) is 9.69 Å². The number of rotatable bonds is 3. The van der Waals surface area contributed by atoms with Crippen LogP contribution in [0.3, 0.4) is 0 Å². The molecule has 0 unspecified atom stereocenters. The van der Waals surface area contributed by atoms with Gasteiger partial charge in [0.2, 0.25) is 0 Å². The summed E-state index contributed by atoms with van der Waals surface area (Å²) in [5.74, 6) is -0.0750.